The van der Waals surface area contributed by atoms with E-state index in [9.17, 15) is 5.11 Å². The predicted molar refractivity (Wildman–Crippen MR) is 100 cm³/mol. The summed E-state index contributed by atoms with van der Waals surface area (Å²) < 4.78 is 5.08. The maximum Gasteiger partial charge on any atom is 0.193 e. The van der Waals surface area contributed by atoms with Crippen molar-refractivity contribution in [1.82, 2.24) is 0 Å². The van der Waals surface area contributed by atoms with E-state index in [2.05, 4.69) is 10.3 Å². The average Bonchev–Trinajstić information content (AvgIpc) is 2.84. The van der Waals surface area contributed by atoms with E-state index in [0.717, 1.165) is 17.9 Å². The lowest BCUT2D eigenvalue weighted by atomic mass is 10.1. The van der Waals surface area contributed by atoms with Gasteiger partial charge in [-0.25, -0.2) is 0 Å². The number of methoxy groups -OCH3 is 1. The molecule has 0 radical (unpaired) electrons. The third kappa shape index (κ3) is 5.39. The van der Waals surface area contributed by atoms with Crippen LogP contribution in [0.15, 0.2) is 23.2 Å². The highest BCUT2D eigenvalue weighted by atomic mass is 127. The van der Waals surface area contributed by atoms with Crippen LogP contribution in [0.5, 0.6) is 5.75 Å². The van der Waals surface area contributed by atoms with Crippen molar-refractivity contribution in [2.45, 2.75) is 12.0 Å². The molecule has 1 fully saturated rings. The van der Waals surface area contributed by atoms with E-state index in [0.29, 0.717) is 23.1 Å². The zero-order valence-electron chi connectivity index (χ0n) is 11.6. The van der Waals surface area contributed by atoms with Crippen LogP contribution in [0.1, 0.15) is 6.42 Å². The summed E-state index contributed by atoms with van der Waals surface area (Å²) in [6.07, 6.45) is 0.753. The van der Waals surface area contributed by atoms with Gasteiger partial charge in [0.25, 0.3) is 0 Å². The van der Waals surface area contributed by atoms with Crippen molar-refractivity contribution in [2.24, 2.45) is 10.7 Å². The number of hydrogen-bond donors (Lipinski definition) is 3. The number of halogens is 2. The second kappa shape index (κ2) is 8.30. The number of benzene rings is 1. The number of ether oxygens (including phenoxy) is 1. The summed E-state index contributed by atoms with van der Waals surface area (Å²) in [5.74, 6) is 2.53. The molecule has 21 heavy (non-hydrogen) atoms. The fourth-order valence-corrected chi connectivity index (χ4v) is 3.43. The van der Waals surface area contributed by atoms with Crippen molar-refractivity contribution in [2.75, 3.05) is 30.5 Å². The van der Waals surface area contributed by atoms with Crippen molar-refractivity contribution in [3.63, 3.8) is 0 Å². The Kier molecular flexibility index (Phi) is 7.38. The first-order valence-corrected chi connectivity index (χ1v) is 7.76. The summed E-state index contributed by atoms with van der Waals surface area (Å²) >= 11 is 7.76. The molecule has 5 nitrogen and oxygen atoms in total. The van der Waals surface area contributed by atoms with E-state index in [-0.39, 0.29) is 29.9 Å². The smallest absolute Gasteiger partial charge is 0.193 e. The molecule has 1 aliphatic rings. The number of guanidine groups is 1. The molecule has 0 aliphatic carbocycles. The van der Waals surface area contributed by atoms with Crippen LogP contribution in [0.25, 0.3) is 0 Å². The lowest BCUT2D eigenvalue weighted by Crippen LogP contribution is -2.34. The number of thioether (sulfide) groups is 1. The highest BCUT2D eigenvalue weighted by molar-refractivity contribution is 14.0. The Morgan fingerprint density at radius 2 is 2.38 bits per heavy atom. The topological polar surface area (TPSA) is 79.9 Å². The number of nitrogens with one attached hydrogen (secondary N) is 1. The molecule has 8 heteroatoms. The number of anilines is 1. The maximum atomic E-state index is 10.2. The van der Waals surface area contributed by atoms with E-state index < -0.39 is 5.60 Å². The Balaban J connectivity index is 0.00000220. The van der Waals surface area contributed by atoms with Crippen molar-refractivity contribution >= 4 is 59.0 Å². The fourth-order valence-electron chi connectivity index (χ4n) is 1.89. The monoisotopic (exact) mass is 443 g/mol. The highest BCUT2D eigenvalue weighted by Gasteiger charge is 2.31. The minimum atomic E-state index is -0.728. The molecule has 1 aromatic rings. The van der Waals surface area contributed by atoms with Crippen LogP contribution in [0.2, 0.25) is 5.02 Å². The Morgan fingerprint density at radius 1 is 1.62 bits per heavy atom. The molecular formula is C13H19ClIN3O2S. The van der Waals surface area contributed by atoms with Crippen molar-refractivity contribution < 1.29 is 9.84 Å². The summed E-state index contributed by atoms with van der Waals surface area (Å²) in [5, 5.41) is 13.6. The van der Waals surface area contributed by atoms with E-state index >= 15 is 0 Å². The van der Waals surface area contributed by atoms with Gasteiger partial charge >= 0.3 is 0 Å². The van der Waals surface area contributed by atoms with Crippen molar-refractivity contribution in [3.8, 4) is 5.75 Å². The minimum absolute atomic E-state index is 0. The standard InChI is InChI=1S/C13H18ClN3O2S.HI/c1-19-11-3-2-9(6-10(11)14)17-12(15)16-7-13(18)4-5-20-8-13;/h2-3,6,18H,4-5,7-8H2,1H3,(H3,15,16,17);1H. The van der Waals surface area contributed by atoms with E-state index in [1.807, 2.05) is 0 Å². The maximum absolute atomic E-state index is 10.2. The van der Waals surface area contributed by atoms with Gasteiger partial charge in [0.15, 0.2) is 5.96 Å². The lowest BCUT2D eigenvalue weighted by Gasteiger charge is -2.18. The van der Waals surface area contributed by atoms with Crippen molar-refractivity contribution in [1.29, 1.82) is 0 Å². The van der Waals surface area contributed by atoms with Crippen LogP contribution in [0.4, 0.5) is 5.69 Å². The van der Waals surface area contributed by atoms with Crippen LogP contribution < -0.4 is 15.8 Å². The summed E-state index contributed by atoms with van der Waals surface area (Å²) in [6, 6.07) is 5.26. The molecule has 1 unspecified atom stereocenters. The second-order valence-electron chi connectivity index (χ2n) is 4.70. The van der Waals surface area contributed by atoms with Gasteiger partial charge in [-0.2, -0.15) is 11.8 Å². The van der Waals surface area contributed by atoms with Gasteiger partial charge in [0.2, 0.25) is 0 Å². The summed E-state index contributed by atoms with van der Waals surface area (Å²) in [4.78, 5) is 4.19. The van der Waals surface area contributed by atoms with Gasteiger partial charge in [-0.05, 0) is 30.4 Å². The Hall–Kier alpha value is -0.380. The zero-order valence-corrected chi connectivity index (χ0v) is 15.5. The van der Waals surface area contributed by atoms with Gasteiger partial charge in [0.1, 0.15) is 5.75 Å². The number of nitrogens with two attached hydrogens (primary N) is 1. The molecule has 4 N–H and O–H groups in total. The molecule has 0 aromatic heterocycles. The molecule has 0 bridgehead atoms. The average molecular weight is 444 g/mol. The van der Waals surface area contributed by atoms with Gasteiger partial charge in [-0.1, -0.05) is 11.6 Å². The molecule has 0 amide bonds. The predicted octanol–water partition coefficient (Wildman–Crippen LogP) is 2.56. The molecule has 1 aromatic carbocycles. The van der Waals surface area contributed by atoms with Gasteiger partial charge in [-0.15, -0.1) is 24.0 Å². The quantitative estimate of drug-likeness (QED) is 0.379. The summed E-state index contributed by atoms with van der Waals surface area (Å²) in [6.45, 7) is 0.308. The zero-order chi connectivity index (χ0) is 14.6. The normalized spacial score (nSPS) is 21.8. The summed E-state index contributed by atoms with van der Waals surface area (Å²) in [5.41, 5.74) is 5.81. The van der Waals surface area contributed by atoms with Gasteiger partial charge in [0, 0.05) is 11.4 Å². The van der Waals surface area contributed by atoms with E-state index in [1.54, 1.807) is 37.1 Å². The molecule has 1 aliphatic heterocycles. The largest absolute Gasteiger partial charge is 0.495 e. The van der Waals surface area contributed by atoms with E-state index in [1.165, 1.54) is 0 Å². The fraction of sp³-hybridized carbons (Fsp3) is 0.462. The number of hydrogen-bond acceptors (Lipinski definition) is 4. The first kappa shape index (κ1) is 18.7. The van der Waals surface area contributed by atoms with Crippen LogP contribution in [-0.4, -0.2) is 41.8 Å². The number of nitrogens with zero attached hydrogens (tertiary/aromatic N) is 1. The van der Waals surface area contributed by atoms with Crippen LogP contribution in [0, 0.1) is 0 Å². The third-order valence-electron chi connectivity index (χ3n) is 3.05. The molecule has 0 spiro atoms. The summed E-state index contributed by atoms with van der Waals surface area (Å²) in [7, 11) is 1.56. The minimum Gasteiger partial charge on any atom is -0.495 e. The number of aliphatic imine (C=N–C) groups is 1. The number of rotatable bonds is 4. The molecular weight excluding hydrogens is 425 g/mol. The Bertz CT molecular complexity index is 510. The molecule has 1 atom stereocenters. The van der Waals surface area contributed by atoms with Crippen LogP contribution in [-0.2, 0) is 0 Å². The first-order chi connectivity index (χ1) is 9.52. The number of aliphatic hydroxyl groups is 1. The van der Waals surface area contributed by atoms with Crippen LogP contribution >= 0.6 is 47.3 Å². The Morgan fingerprint density at radius 3 is 2.95 bits per heavy atom. The molecule has 1 saturated heterocycles. The molecule has 1 heterocycles. The molecule has 0 saturated carbocycles. The van der Waals surface area contributed by atoms with E-state index in [4.69, 9.17) is 22.1 Å². The van der Waals surface area contributed by atoms with Gasteiger partial charge in [0.05, 0.1) is 24.3 Å². The SMILES string of the molecule is COc1ccc(NC(N)=NCC2(O)CCSC2)cc1Cl.I. The third-order valence-corrected chi connectivity index (χ3v) is 4.58. The molecule has 118 valence electrons. The Labute approximate surface area is 150 Å². The van der Waals surface area contributed by atoms with Crippen molar-refractivity contribution in [3.05, 3.63) is 23.2 Å². The van der Waals surface area contributed by atoms with Gasteiger partial charge < -0.3 is 20.9 Å². The van der Waals surface area contributed by atoms with Crippen LogP contribution in [0.3, 0.4) is 0 Å². The lowest BCUT2D eigenvalue weighted by molar-refractivity contribution is 0.0780. The first-order valence-electron chi connectivity index (χ1n) is 6.23. The second-order valence-corrected chi connectivity index (χ2v) is 6.22. The molecule has 2 rings (SSSR count). The highest BCUT2D eigenvalue weighted by Crippen LogP contribution is 2.28. The van der Waals surface area contributed by atoms with Gasteiger partial charge in [-0.3, -0.25) is 4.99 Å².